The van der Waals surface area contributed by atoms with Crippen LogP contribution in [0.25, 0.3) is 0 Å². The van der Waals surface area contributed by atoms with Crippen molar-refractivity contribution in [2.45, 2.75) is 31.3 Å². The minimum atomic E-state index is 0.144. The number of nitrogens with two attached hydrogens (primary N) is 1. The van der Waals surface area contributed by atoms with Crippen LogP contribution in [0.15, 0.2) is 35.3 Å². The second-order valence-electron chi connectivity index (χ2n) is 6.13. The van der Waals surface area contributed by atoms with Gasteiger partial charge in [0.05, 0.1) is 12.1 Å². The Morgan fingerprint density at radius 2 is 2.00 bits per heavy atom. The predicted molar refractivity (Wildman–Crippen MR) is 82.6 cm³/mol. The van der Waals surface area contributed by atoms with Crippen molar-refractivity contribution in [3.63, 3.8) is 0 Å². The van der Waals surface area contributed by atoms with E-state index in [2.05, 4.69) is 52.2 Å². The van der Waals surface area contributed by atoms with Gasteiger partial charge in [-0.3, -0.25) is 4.99 Å². The molecule has 1 fully saturated rings. The van der Waals surface area contributed by atoms with Gasteiger partial charge >= 0.3 is 0 Å². The predicted octanol–water partition coefficient (Wildman–Crippen LogP) is 1.67. The van der Waals surface area contributed by atoms with Crippen molar-refractivity contribution in [3.8, 4) is 0 Å². The minimum Gasteiger partial charge on any atom is -0.370 e. The highest BCUT2D eigenvalue weighted by molar-refractivity contribution is 5.81. The van der Waals surface area contributed by atoms with Gasteiger partial charge in [0.2, 0.25) is 0 Å². The molecule has 4 nitrogen and oxygen atoms in total. The Morgan fingerprint density at radius 1 is 1.20 bits per heavy atom. The standard InChI is InChI=1S/C16H24N4/c1-19-10-5-8-16(9-11-19)13-18-15(17)20(16)12-14-6-3-2-4-7-14/h2-4,6-7H,5,8-13H2,1H3,(H2,17,18). The molecule has 20 heavy (non-hydrogen) atoms. The number of hydrogen-bond acceptors (Lipinski definition) is 4. The quantitative estimate of drug-likeness (QED) is 0.891. The molecule has 0 aromatic heterocycles. The van der Waals surface area contributed by atoms with E-state index in [4.69, 9.17) is 5.73 Å². The van der Waals surface area contributed by atoms with Gasteiger partial charge in [-0.15, -0.1) is 0 Å². The Labute approximate surface area is 121 Å². The third-order valence-corrected chi connectivity index (χ3v) is 4.71. The summed E-state index contributed by atoms with van der Waals surface area (Å²) in [6, 6.07) is 10.6. The Morgan fingerprint density at radius 3 is 2.80 bits per heavy atom. The van der Waals surface area contributed by atoms with Crippen LogP contribution in [0, 0.1) is 0 Å². The number of aliphatic imine (C=N–C) groups is 1. The molecule has 2 aliphatic rings. The summed E-state index contributed by atoms with van der Waals surface area (Å²) >= 11 is 0. The normalized spacial score (nSPS) is 27.6. The van der Waals surface area contributed by atoms with Gasteiger partial charge in [-0.05, 0) is 38.4 Å². The molecule has 1 spiro atoms. The third-order valence-electron chi connectivity index (χ3n) is 4.71. The zero-order valence-electron chi connectivity index (χ0n) is 12.3. The lowest BCUT2D eigenvalue weighted by Gasteiger charge is -2.39. The van der Waals surface area contributed by atoms with Crippen molar-refractivity contribution in [2.24, 2.45) is 10.7 Å². The van der Waals surface area contributed by atoms with Crippen LogP contribution in [0.2, 0.25) is 0 Å². The van der Waals surface area contributed by atoms with Crippen LogP contribution < -0.4 is 5.73 Å². The topological polar surface area (TPSA) is 44.9 Å². The summed E-state index contributed by atoms with van der Waals surface area (Å²) in [7, 11) is 2.21. The van der Waals surface area contributed by atoms with E-state index in [1.54, 1.807) is 0 Å². The van der Waals surface area contributed by atoms with E-state index in [0.717, 1.165) is 32.0 Å². The molecule has 1 unspecified atom stereocenters. The third kappa shape index (κ3) is 2.52. The number of guanidine groups is 1. The number of likely N-dealkylation sites (tertiary alicyclic amines) is 1. The molecule has 0 radical (unpaired) electrons. The summed E-state index contributed by atoms with van der Waals surface area (Å²) in [5.41, 5.74) is 7.63. The SMILES string of the molecule is CN1CCCC2(CC1)CN=C(N)N2Cc1ccccc1. The lowest BCUT2D eigenvalue weighted by atomic mass is 9.89. The smallest absolute Gasteiger partial charge is 0.192 e. The zero-order valence-corrected chi connectivity index (χ0v) is 12.3. The molecule has 0 saturated carbocycles. The summed E-state index contributed by atoms with van der Waals surface area (Å²) in [4.78, 5) is 9.33. The lowest BCUT2D eigenvalue weighted by molar-refractivity contribution is 0.168. The molecule has 3 rings (SSSR count). The lowest BCUT2D eigenvalue weighted by Crippen LogP contribution is -2.51. The van der Waals surface area contributed by atoms with Gasteiger partial charge in [-0.25, -0.2) is 0 Å². The summed E-state index contributed by atoms with van der Waals surface area (Å²) in [5.74, 6) is 0.721. The molecule has 2 heterocycles. The van der Waals surface area contributed by atoms with E-state index in [-0.39, 0.29) is 5.54 Å². The van der Waals surface area contributed by atoms with E-state index in [9.17, 15) is 0 Å². The molecule has 0 aliphatic carbocycles. The second-order valence-corrected chi connectivity index (χ2v) is 6.13. The van der Waals surface area contributed by atoms with Gasteiger partial charge in [0.25, 0.3) is 0 Å². The molecule has 1 aromatic rings. The number of benzene rings is 1. The molecule has 0 bridgehead atoms. The molecule has 2 N–H and O–H groups in total. The van der Waals surface area contributed by atoms with Gasteiger partial charge in [-0.1, -0.05) is 30.3 Å². The number of nitrogens with zero attached hydrogens (tertiary/aromatic N) is 3. The summed E-state index contributed by atoms with van der Waals surface area (Å²) in [5, 5.41) is 0. The highest BCUT2D eigenvalue weighted by atomic mass is 15.4. The van der Waals surface area contributed by atoms with Gasteiger partial charge in [0, 0.05) is 13.1 Å². The fourth-order valence-corrected chi connectivity index (χ4v) is 3.40. The average molecular weight is 272 g/mol. The van der Waals surface area contributed by atoms with Crippen molar-refractivity contribution in [3.05, 3.63) is 35.9 Å². The van der Waals surface area contributed by atoms with Gasteiger partial charge in [0.1, 0.15) is 0 Å². The van der Waals surface area contributed by atoms with E-state index < -0.39 is 0 Å². The molecule has 1 atom stereocenters. The minimum absolute atomic E-state index is 0.144. The molecule has 1 aromatic carbocycles. The molecular formula is C16H24N4. The van der Waals surface area contributed by atoms with Crippen LogP contribution in [0.5, 0.6) is 0 Å². The molecule has 4 heteroatoms. The van der Waals surface area contributed by atoms with Crippen LogP contribution in [0.3, 0.4) is 0 Å². The summed E-state index contributed by atoms with van der Waals surface area (Å²) < 4.78 is 0. The summed E-state index contributed by atoms with van der Waals surface area (Å²) in [6.45, 7) is 4.05. The van der Waals surface area contributed by atoms with Crippen molar-refractivity contribution >= 4 is 5.96 Å². The highest BCUT2D eigenvalue weighted by Gasteiger charge is 2.42. The van der Waals surface area contributed by atoms with E-state index in [0.29, 0.717) is 0 Å². The van der Waals surface area contributed by atoms with Crippen LogP contribution in [-0.2, 0) is 6.54 Å². The van der Waals surface area contributed by atoms with E-state index >= 15 is 0 Å². The van der Waals surface area contributed by atoms with Crippen molar-refractivity contribution in [1.82, 2.24) is 9.80 Å². The van der Waals surface area contributed by atoms with E-state index in [1.165, 1.54) is 24.9 Å². The zero-order chi connectivity index (χ0) is 14.0. The van der Waals surface area contributed by atoms with Crippen LogP contribution >= 0.6 is 0 Å². The Kier molecular flexibility index (Phi) is 3.66. The van der Waals surface area contributed by atoms with Crippen molar-refractivity contribution in [1.29, 1.82) is 0 Å². The number of rotatable bonds is 2. The maximum atomic E-state index is 6.18. The average Bonchev–Trinajstić information content (AvgIpc) is 2.65. The largest absolute Gasteiger partial charge is 0.370 e. The van der Waals surface area contributed by atoms with Crippen LogP contribution in [0.1, 0.15) is 24.8 Å². The first-order chi connectivity index (χ1) is 9.70. The maximum Gasteiger partial charge on any atom is 0.192 e. The van der Waals surface area contributed by atoms with Crippen LogP contribution in [0.4, 0.5) is 0 Å². The van der Waals surface area contributed by atoms with E-state index in [1.807, 2.05) is 0 Å². The number of hydrogen-bond donors (Lipinski definition) is 1. The molecular weight excluding hydrogens is 248 g/mol. The molecule has 1 saturated heterocycles. The first-order valence-corrected chi connectivity index (χ1v) is 7.50. The molecule has 108 valence electrons. The fraction of sp³-hybridized carbons (Fsp3) is 0.562. The Bertz CT molecular complexity index is 485. The van der Waals surface area contributed by atoms with Crippen molar-refractivity contribution in [2.75, 3.05) is 26.7 Å². The maximum absolute atomic E-state index is 6.18. The van der Waals surface area contributed by atoms with Gasteiger partial charge in [-0.2, -0.15) is 0 Å². The fourth-order valence-electron chi connectivity index (χ4n) is 3.40. The summed E-state index contributed by atoms with van der Waals surface area (Å²) in [6.07, 6.45) is 3.57. The second kappa shape index (κ2) is 5.44. The molecule has 0 amide bonds. The van der Waals surface area contributed by atoms with Crippen molar-refractivity contribution < 1.29 is 0 Å². The van der Waals surface area contributed by atoms with Gasteiger partial charge in [0.15, 0.2) is 5.96 Å². The first-order valence-electron chi connectivity index (χ1n) is 7.50. The molecule has 2 aliphatic heterocycles. The Hall–Kier alpha value is -1.55. The monoisotopic (exact) mass is 272 g/mol. The van der Waals surface area contributed by atoms with Crippen LogP contribution in [-0.4, -0.2) is 48.0 Å². The first kappa shape index (κ1) is 13.4. The Balaban J connectivity index is 1.80. The van der Waals surface area contributed by atoms with Gasteiger partial charge < -0.3 is 15.5 Å². The highest BCUT2D eigenvalue weighted by Crippen LogP contribution is 2.33.